The largest absolute Gasteiger partial charge is 0.449 e. The summed E-state index contributed by atoms with van der Waals surface area (Å²) in [5, 5.41) is 10.7. The van der Waals surface area contributed by atoms with Crippen molar-refractivity contribution in [2.45, 2.75) is 76.9 Å². The minimum atomic E-state index is -2.30. The zero-order valence-corrected chi connectivity index (χ0v) is 20.6. The zero-order valence-electron chi connectivity index (χ0n) is 19.8. The van der Waals surface area contributed by atoms with Crippen molar-refractivity contribution in [1.82, 2.24) is 0 Å². The van der Waals surface area contributed by atoms with E-state index in [-0.39, 0.29) is 31.3 Å². The van der Waals surface area contributed by atoms with Crippen LogP contribution in [0.3, 0.4) is 0 Å². The minimum Gasteiger partial charge on any atom is -0.449 e. The molecule has 0 saturated heterocycles. The lowest BCUT2D eigenvalue weighted by Gasteiger charge is -2.63. The van der Waals surface area contributed by atoms with Crippen LogP contribution >= 0.6 is 11.8 Å². The Morgan fingerprint density at radius 1 is 1.26 bits per heavy atom. The first-order valence-electron chi connectivity index (χ1n) is 11.7. The first-order chi connectivity index (χ1) is 15.8. The second-order valence-corrected chi connectivity index (χ2v) is 11.5. The van der Waals surface area contributed by atoms with E-state index < -0.39 is 75.0 Å². The van der Waals surface area contributed by atoms with Crippen LogP contribution in [0.15, 0.2) is 23.8 Å². The fourth-order valence-electron chi connectivity index (χ4n) is 7.63. The summed E-state index contributed by atoms with van der Waals surface area (Å²) in [6.45, 7) is 6.45. The van der Waals surface area contributed by atoms with Gasteiger partial charge >= 0.3 is 5.97 Å². The fourth-order valence-corrected chi connectivity index (χ4v) is 8.42. The van der Waals surface area contributed by atoms with Crippen molar-refractivity contribution < 1.29 is 37.4 Å². The Hall–Kier alpha value is -1.61. The van der Waals surface area contributed by atoms with E-state index in [1.165, 1.54) is 19.1 Å². The quantitative estimate of drug-likeness (QED) is 0.576. The molecule has 0 aliphatic heterocycles. The van der Waals surface area contributed by atoms with Crippen LogP contribution in [0.5, 0.6) is 0 Å². The zero-order chi connectivity index (χ0) is 25.3. The molecule has 188 valence electrons. The van der Waals surface area contributed by atoms with Crippen molar-refractivity contribution >= 4 is 28.6 Å². The third-order valence-electron chi connectivity index (χ3n) is 9.22. The van der Waals surface area contributed by atoms with Gasteiger partial charge in [-0.2, -0.15) is 0 Å². The molecule has 0 unspecified atom stereocenters. The number of ether oxygens (including phenoxy) is 1. The highest BCUT2D eigenvalue weighted by Crippen LogP contribution is 2.72. The van der Waals surface area contributed by atoms with E-state index in [2.05, 4.69) is 0 Å². The number of aliphatic hydroxyl groups is 1. The second kappa shape index (κ2) is 8.22. The van der Waals surface area contributed by atoms with Crippen molar-refractivity contribution in [1.29, 1.82) is 0 Å². The standard InChI is InChI=1S/C25H31F3O5S/c1-5-20(31)33-25(21(32)34-12-26)13(2)8-15-16-10-18(27)17-9-14(29)6-7-22(17,3)24(16,28)19(30)11-23(15,25)4/h6-7,9,13,15-16,18-19,30H,5,8,10-12H2,1-4H3/t13-,15-,16-,18-,19-,22-,23-,24-,25-/m0/s1. The molecular formula is C25H31F3O5S. The van der Waals surface area contributed by atoms with E-state index in [1.807, 2.05) is 0 Å². The van der Waals surface area contributed by atoms with E-state index in [9.17, 15) is 23.9 Å². The van der Waals surface area contributed by atoms with Gasteiger partial charge in [-0.15, -0.1) is 0 Å². The summed E-state index contributed by atoms with van der Waals surface area (Å²) in [6, 6.07) is -1.02. The van der Waals surface area contributed by atoms with Gasteiger partial charge in [0, 0.05) is 29.1 Å². The number of ketones is 1. The number of carbonyl (C=O) groups excluding carboxylic acids is 3. The normalized spacial score (nSPS) is 47.4. The molecule has 4 aliphatic carbocycles. The van der Waals surface area contributed by atoms with Gasteiger partial charge in [-0.25, -0.2) is 13.2 Å². The Morgan fingerprint density at radius 3 is 2.56 bits per heavy atom. The molecule has 5 nitrogen and oxygen atoms in total. The summed E-state index contributed by atoms with van der Waals surface area (Å²) in [6.07, 6.45) is 0.160. The summed E-state index contributed by atoms with van der Waals surface area (Å²) >= 11 is 0.396. The molecule has 0 bridgehead atoms. The average molecular weight is 501 g/mol. The molecule has 34 heavy (non-hydrogen) atoms. The van der Waals surface area contributed by atoms with Crippen molar-refractivity contribution in [3.05, 3.63) is 23.8 Å². The van der Waals surface area contributed by atoms with Gasteiger partial charge < -0.3 is 9.84 Å². The fraction of sp³-hybridized carbons (Fsp3) is 0.720. The van der Waals surface area contributed by atoms with E-state index >= 15 is 8.78 Å². The predicted octanol–water partition coefficient (Wildman–Crippen LogP) is 4.43. The van der Waals surface area contributed by atoms with E-state index in [0.29, 0.717) is 11.8 Å². The van der Waals surface area contributed by atoms with Crippen molar-refractivity contribution in [2.75, 3.05) is 6.01 Å². The highest BCUT2D eigenvalue weighted by molar-refractivity contribution is 8.13. The van der Waals surface area contributed by atoms with E-state index in [0.717, 1.165) is 6.08 Å². The number of aliphatic hydroxyl groups excluding tert-OH is 1. The molecule has 3 fully saturated rings. The molecule has 0 radical (unpaired) electrons. The summed E-state index contributed by atoms with van der Waals surface area (Å²) in [7, 11) is 0. The van der Waals surface area contributed by atoms with Crippen LogP contribution in [0.25, 0.3) is 0 Å². The van der Waals surface area contributed by atoms with Gasteiger partial charge in [-0.05, 0) is 61.6 Å². The molecule has 9 atom stereocenters. The molecule has 4 rings (SSSR count). The molecule has 0 aromatic rings. The van der Waals surface area contributed by atoms with E-state index in [4.69, 9.17) is 4.74 Å². The first-order valence-corrected chi connectivity index (χ1v) is 12.7. The number of hydrogen-bond donors (Lipinski definition) is 1. The summed E-state index contributed by atoms with van der Waals surface area (Å²) < 4.78 is 51.8. The molecule has 0 aromatic carbocycles. The van der Waals surface area contributed by atoms with Gasteiger partial charge in [0.15, 0.2) is 17.1 Å². The Labute approximate surface area is 201 Å². The van der Waals surface area contributed by atoms with Crippen molar-refractivity contribution in [2.24, 2.45) is 28.6 Å². The van der Waals surface area contributed by atoms with Crippen molar-refractivity contribution in [3.8, 4) is 0 Å². The summed E-state index contributed by atoms with van der Waals surface area (Å²) in [5.74, 6) is -3.30. The topological polar surface area (TPSA) is 80.7 Å². The number of fused-ring (bicyclic) bond motifs is 5. The predicted molar refractivity (Wildman–Crippen MR) is 121 cm³/mol. The lowest BCUT2D eigenvalue weighted by atomic mass is 9.44. The maximum atomic E-state index is 17.2. The number of carbonyl (C=O) groups is 3. The van der Waals surface area contributed by atoms with Crippen LogP contribution in [0.4, 0.5) is 13.2 Å². The minimum absolute atomic E-state index is 0.0141. The molecule has 0 spiro atoms. The second-order valence-electron chi connectivity index (χ2n) is 10.6. The maximum absolute atomic E-state index is 17.2. The number of alkyl halides is 3. The number of halogens is 3. The Bertz CT molecular complexity index is 984. The van der Waals surface area contributed by atoms with Gasteiger partial charge in [0.05, 0.1) is 6.10 Å². The number of rotatable bonds is 4. The van der Waals surface area contributed by atoms with Crippen LogP contribution in [-0.2, 0) is 19.1 Å². The first kappa shape index (κ1) is 25.5. The molecular weight excluding hydrogens is 469 g/mol. The average Bonchev–Trinajstić information content (AvgIpc) is 2.99. The highest BCUT2D eigenvalue weighted by atomic mass is 32.2. The summed E-state index contributed by atoms with van der Waals surface area (Å²) in [4.78, 5) is 37.8. The maximum Gasteiger partial charge on any atom is 0.306 e. The van der Waals surface area contributed by atoms with Gasteiger partial charge in [-0.3, -0.25) is 14.4 Å². The van der Waals surface area contributed by atoms with Crippen LogP contribution in [0.1, 0.15) is 53.4 Å². The van der Waals surface area contributed by atoms with Gasteiger partial charge in [0.1, 0.15) is 12.2 Å². The van der Waals surface area contributed by atoms with Crippen LogP contribution in [-0.4, -0.2) is 51.5 Å². The summed E-state index contributed by atoms with van der Waals surface area (Å²) in [5.41, 5.74) is -6.84. The number of thioether (sulfide) groups is 1. The lowest BCUT2D eigenvalue weighted by molar-refractivity contribution is -0.228. The molecule has 1 N–H and O–H groups in total. The monoisotopic (exact) mass is 500 g/mol. The third-order valence-corrected chi connectivity index (χ3v) is 9.90. The van der Waals surface area contributed by atoms with Crippen molar-refractivity contribution in [3.63, 3.8) is 0 Å². The lowest BCUT2D eigenvalue weighted by Crippen LogP contribution is -2.70. The van der Waals surface area contributed by atoms with Gasteiger partial charge in [0.25, 0.3) is 0 Å². The van der Waals surface area contributed by atoms with Crippen LogP contribution in [0.2, 0.25) is 0 Å². The van der Waals surface area contributed by atoms with E-state index in [1.54, 1.807) is 20.8 Å². The van der Waals surface area contributed by atoms with Gasteiger partial charge in [0.2, 0.25) is 5.12 Å². The molecule has 0 heterocycles. The smallest absolute Gasteiger partial charge is 0.306 e. The molecule has 0 aromatic heterocycles. The molecule has 0 amide bonds. The Morgan fingerprint density at radius 2 is 1.94 bits per heavy atom. The van der Waals surface area contributed by atoms with Gasteiger partial charge in [-0.1, -0.05) is 26.8 Å². The van der Waals surface area contributed by atoms with Crippen LogP contribution in [0, 0.1) is 28.6 Å². The Balaban J connectivity index is 1.87. The SMILES string of the molecule is CCC(=O)O[C@]1(C(=O)SCF)[C@@H](C)C[C@H]2[C@@H]3C[C@H](F)C4=CC(=O)C=C[C@]4(C)[C@@]3(F)[C@@H](O)C[C@@]21C. The van der Waals surface area contributed by atoms with Crippen LogP contribution < -0.4 is 0 Å². The molecule has 3 saturated carbocycles. The highest BCUT2D eigenvalue weighted by Gasteiger charge is 2.78. The third kappa shape index (κ3) is 3.01. The number of esters is 1. The molecule has 4 aliphatic rings. The molecule has 9 heteroatoms. The Kier molecular flexibility index (Phi) is 6.16. The number of allylic oxidation sites excluding steroid dienone is 4. The number of hydrogen-bond acceptors (Lipinski definition) is 6.